The predicted molar refractivity (Wildman–Crippen MR) is 291 cm³/mol. The van der Waals surface area contributed by atoms with E-state index < -0.39 is 65.7 Å². The van der Waals surface area contributed by atoms with E-state index in [-0.39, 0.29) is 95.7 Å². The number of carbonyl (C=O) groups excluding carboxylic acids is 6. The number of halogens is 4. The number of benzene rings is 6. The number of nitrogens with two attached hydrogens (primary N) is 1. The number of amides is 5. The van der Waals surface area contributed by atoms with Gasteiger partial charge in [0.05, 0.1) is 55.8 Å². The molecule has 81 heavy (non-hydrogen) atoms. The highest BCUT2D eigenvalue weighted by Gasteiger charge is 2.40. The number of aliphatic hydroxyl groups is 1. The number of methoxy groups -OCH3 is 1. The minimum Gasteiger partial charge on any atom is -0.481 e. The zero-order valence-corrected chi connectivity index (χ0v) is 43.1. The van der Waals surface area contributed by atoms with Gasteiger partial charge in [-0.1, -0.05) is 117 Å². The number of carboxylic acid groups (broad SMARTS) is 1. The Bertz CT molecular complexity index is 3080. The fourth-order valence-electron chi connectivity index (χ4n) is 8.94. The summed E-state index contributed by atoms with van der Waals surface area (Å²) in [7, 11) is 1.27. The second-order valence-corrected chi connectivity index (χ2v) is 18.4. The lowest BCUT2D eigenvalue weighted by molar-refractivity contribution is -0.146. The maximum atomic E-state index is 13.4. The monoisotopic (exact) mass is 1120 g/mol. The molecule has 6 aromatic carbocycles. The fraction of sp³-hybridized carbons (Fsp3) is 0.271. The highest BCUT2D eigenvalue weighted by Crippen LogP contribution is 2.33. The van der Waals surface area contributed by atoms with Crippen LogP contribution < -0.4 is 32.3 Å². The van der Waals surface area contributed by atoms with Gasteiger partial charge in [-0.25, -0.2) is 22.4 Å². The highest BCUT2D eigenvalue weighted by molar-refractivity contribution is 5.88. The van der Waals surface area contributed by atoms with Crippen LogP contribution >= 0.6 is 0 Å². The van der Waals surface area contributed by atoms with Gasteiger partial charge in [0.1, 0.15) is 29.9 Å². The quantitative estimate of drug-likeness (QED) is 0.0388. The van der Waals surface area contributed by atoms with Crippen LogP contribution in [0.25, 0.3) is 0 Å². The van der Waals surface area contributed by atoms with Crippen LogP contribution in [0.15, 0.2) is 158 Å². The molecule has 6 aromatic rings. The number of ether oxygens (including phenoxy) is 2. The summed E-state index contributed by atoms with van der Waals surface area (Å²) >= 11 is 0. The van der Waals surface area contributed by atoms with Crippen molar-refractivity contribution in [2.24, 2.45) is 17.6 Å². The Morgan fingerprint density at radius 3 is 1.33 bits per heavy atom. The van der Waals surface area contributed by atoms with E-state index in [1.54, 1.807) is 42.5 Å². The third-order valence-electron chi connectivity index (χ3n) is 12.7. The second-order valence-electron chi connectivity index (χ2n) is 18.4. The maximum Gasteiger partial charge on any atom is 0.407 e. The number of alkyl carbamates (subject to hydrolysis) is 1. The van der Waals surface area contributed by atoms with Crippen LogP contribution in [-0.2, 0) is 51.5 Å². The summed E-state index contributed by atoms with van der Waals surface area (Å²) in [6.07, 6.45) is -0.158. The van der Waals surface area contributed by atoms with Crippen LogP contribution in [0.3, 0.4) is 0 Å². The third kappa shape index (κ3) is 19.5. The lowest BCUT2D eigenvalue weighted by Crippen LogP contribution is -2.38. The van der Waals surface area contributed by atoms with Gasteiger partial charge in [0.15, 0.2) is 0 Å². The number of rotatable bonds is 10. The molecule has 8 atom stereocenters. The van der Waals surface area contributed by atoms with Gasteiger partial charge in [-0.15, -0.1) is 0 Å². The SMILES string of the molecule is C.COC(=O)C1CC(=O)NC1c1cccc(F)c1.N[C@H]1CC(=O)NC1c1cccc(F)c1.O=C1C[C@H](C(=O)O)C(c2cccc(F)c2)N1.O=C1C[C@H](NC(=O)OCc2ccccc2)C(c2cccc(F)c2)N1.OCc1ccccc1.[B]. The van der Waals surface area contributed by atoms with Crippen molar-refractivity contribution in [3.05, 3.63) is 214 Å². The molecule has 425 valence electrons. The highest BCUT2D eigenvalue weighted by atomic mass is 19.1. The Balaban J connectivity index is 0.000000224. The van der Waals surface area contributed by atoms with Crippen molar-refractivity contribution >= 4 is 50.1 Å². The summed E-state index contributed by atoms with van der Waals surface area (Å²) in [5.74, 6) is -5.28. The van der Waals surface area contributed by atoms with E-state index in [0.717, 1.165) is 16.7 Å². The molecule has 17 nitrogen and oxygen atoms in total. The fourth-order valence-corrected chi connectivity index (χ4v) is 8.94. The summed E-state index contributed by atoms with van der Waals surface area (Å²) < 4.78 is 62.2. The molecule has 4 saturated heterocycles. The van der Waals surface area contributed by atoms with Crippen LogP contribution in [0.1, 0.15) is 90.7 Å². The first-order chi connectivity index (χ1) is 37.9. The standard InChI is InChI=1S/C18H17FN2O3.C12H12FNO3.C11H10FNO3.C10H11FN2O.C7H8O.CH4.B/c19-14-8-4-7-13(9-14)17-15(10-16(22)21-17)20-18(23)24-11-12-5-2-1-3-6-12;1-17-12(16)9-6-10(15)14-11(9)7-3-2-4-8(13)5-7;12-7-3-1-2-6(4-7)10-8(11(15)16)5-9(14)13-10;11-7-3-1-2-6(4-7)10-8(12)5-9(14)13-10;8-6-7-4-2-1-3-5-7;;/h1-9,15,17H,10-11H2,(H,20,23)(H,21,22);2-5,9,11H,6H2,1H3,(H,14,15);1-4,8,10H,5H2,(H,13,14)(H,15,16);1-4,8,10H,5,12H2,(H,13,14);1-5,8H,6H2;1H4;/t15-,17?;;2*8-,10?;;;/m0.00.../s1. The summed E-state index contributed by atoms with van der Waals surface area (Å²) in [5.41, 5.74) is 9.97. The molecule has 4 aliphatic heterocycles. The minimum atomic E-state index is -1.05. The van der Waals surface area contributed by atoms with Crippen molar-refractivity contribution in [3.63, 3.8) is 0 Å². The smallest absolute Gasteiger partial charge is 0.407 e. The Morgan fingerprint density at radius 2 is 0.926 bits per heavy atom. The number of aliphatic carboxylic acids is 1. The lowest BCUT2D eigenvalue weighted by Gasteiger charge is -2.20. The normalized spacial score (nSPS) is 20.9. The van der Waals surface area contributed by atoms with E-state index in [1.165, 1.54) is 61.7 Å². The first-order valence-electron chi connectivity index (χ1n) is 24.8. The molecular weight excluding hydrogens is 1060 g/mol. The van der Waals surface area contributed by atoms with E-state index >= 15 is 0 Å². The number of hydrogen-bond donors (Lipinski definition) is 8. The molecule has 5 unspecified atom stereocenters. The van der Waals surface area contributed by atoms with Crippen molar-refractivity contribution < 1.29 is 70.8 Å². The summed E-state index contributed by atoms with van der Waals surface area (Å²) in [6.45, 7) is 0.284. The van der Waals surface area contributed by atoms with Gasteiger partial charge in [-0.2, -0.15) is 0 Å². The molecule has 22 heteroatoms. The van der Waals surface area contributed by atoms with E-state index in [9.17, 15) is 51.1 Å². The van der Waals surface area contributed by atoms with E-state index in [1.807, 2.05) is 60.7 Å². The average molecular weight is 1120 g/mol. The Kier molecular flexibility index (Phi) is 25.3. The van der Waals surface area contributed by atoms with Crippen LogP contribution in [0.4, 0.5) is 22.4 Å². The first-order valence-corrected chi connectivity index (χ1v) is 24.8. The summed E-state index contributed by atoms with van der Waals surface area (Å²) in [5, 5.41) is 30.8. The molecule has 0 aromatic heterocycles. The molecule has 3 radical (unpaired) electrons. The van der Waals surface area contributed by atoms with Gasteiger partial charge in [0.2, 0.25) is 23.6 Å². The van der Waals surface area contributed by atoms with E-state index in [4.69, 9.17) is 20.7 Å². The maximum absolute atomic E-state index is 13.4. The largest absolute Gasteiger partial charge is 0.481 e. The molecule has 0 spiro atoms. The van der Waals surface area contributed by atoms with E-state index in [0.29, 0.717) is 23.1 Å². The Labute approximate surface area is 467 Å². The van der Waals surface area contributed by atoms with Gasteiger partial charge in [-0.3, -0.25) is 28.8 Å². The zero-order chi connectivity index (χ0) is 57.0. The number of esters is 1. The molecule has 4 fully saturated rings. The number of carbonyl (C=O) groups is 7. The second kappa shape index (κ2) is 31.6. The van der Waals surface area contributed by atoms with E-state index in [2.05, 4.69) is 31.3 Å². The first kappa shape index (κ1) is 64.6. The molecule has 4 heterocycles. The number of aliphatic hydroxyl groups excluding tert-OH is 1. The molecule has 9 N–H and O–H groups in total. The average Bonchev–Trinajstić information content (AvgIpc) is 4.31. The van der Waals surface area contributed by atoms with Gasteiger partial charge in [-0.05, 0) is 81.9 Å². The molecule has 4 aliphatic rings. The van der Waals surface area contributed by atoms with Crippen molar-refractivity contribution in [2.75, 3.05) is 7.11 Å². The van der Waals surface area contributed by atoms with Gasteiger partial charge in [0, 0.05) is 40.1 Å². The minimum absolute atomic E-state index is 0. The number of nitrogens with one attached hydrogen (secondary N) is 5. The molecule has 10 rings (SSSR count). The Hall–Kier alpha value is -8.89. The predicted octanol–water partition coefficient (Wildman–Crippen LogP) is 7.09. The molecular formula is C59H62BF4N6O11. The van der Waals surface area contributed by atoms with Crippen LogP contribution in [-0.4, -0.2) is 79.5 Å². The van der Waals surface area contributed by atoms with Crippen LogP contribution in [0, 0.1) is 35.1 Å². The third-order valence-corrected chi connectivity index (χ3v) is 12.7. The summed E-state index contributed by atoms with van der Waals surface area (Å²) in [6, 6.07) is 39.8. The van der Waals surface area contributed by atoms with Crippen molar-refractivity contribution in [1.29, 1.82) is 0 Å². The van der Waals surface area contributed by atoms with Crippen LogP contribution in [0.2, 0.25) is 0 Å². The number of hydrogen-bond acceptors (Lipinski definition) is 11. The zero-order valence-electron chi connectivity index (χ0n) is 43.1. The number of carboxylic acids is 1. The topological polar surface area (TPSA) is 265 Å². The van der Waals surface area contributed by atoms with Crippen molar-refractivity contribution in [1.82, 2.24) is 26.6 Å². The van der Waals surface area contributed by atoms with Crippen LogP contribution in [0.5, 0.6) is 0 Å². The molecule has 0 bridgehead atoms. The molecule has 0 saturated carbocycles. The van der Waals surface area contributed by atoms with Gasteiger partial charge >= 0.3 is 18.0 Å². The van der Waals surface area contributed by atoms with Gasteiger partial charge < -0.3 is 52.0 Å². The Morgan fingerprint density at radius 1 is 0.543 bits per heavy atom. The summed E-state index contributed by atoms with van der Waals surface area (Å²) in [4.78, 5) is 79.6. The van der Waals surface area contributed by atoms with Gasteiger partial charge in [0.25, 0.3) is 0 Å². The molecule has 0 aliphatic carbocycles. The lowest BCUT2D eigenvalue weighted by atomic mass is 9.94. The molecule has 5 amide bonds. The van der Waals surface area contributed by atoms with Crippen molar-refractivity contribution in [2.45, 2.75) is 82.6 Å². The van der Waals surface area contributed by atoms with Crippen molar-refractivity contribution in [3.8, 4) is 0 Å².